The Kier molecular flexibility index (Phi) is 5.04. The molecule has 7 heteroatoms. The van der Waals surface area contributed by atoms with E-state index in [4.69, 9.17) is 0 Å². The van der Waals surface area contributed by atoms with Crippen LogP contribution in [0.3, 0.4) is 0 Å². The van der Waals surface area contributed by atoms with Crippen molar-refractivity contribution in [2.24, 2.45) is 5.92 Å². The Labute approximate surface area is 121 Å². The summed E-state index contributed by atoms with van der Waals surface area (Å²) >= 11 is 0. The number of piperidine rings is 2. The Balaban J connectivity index is 1.89. The molecule has 1 amide bonds. The second kappa shape index (κ2) is 6.41. The molecule has 116 valence electrons. The molecule has 0 aromatic carbocycles. The summed E-state index contributed by atoms with van der Waals surface area (Å²) in [4.78, 5) is 14.4. The lowest BCUT2D eigenvalue weighted by Crippen LogP contribution is -2.48. The second-order valence-corrected chi connectivity index (χ2v) is 7.99. The lowest BCUT2D eigenvalue weighted by Gasteiger charge is -2.35. The first-order valence-electron chi connectivity index (χ1n) is 7.39. The molecule has 0 aromatic heterocycles. The van der Waals surface area contributed by atoms with Gasteiger partial charge >= 0.3 is 0 Å². The van der Waals surface area contributed by atoms with Gasteiger partial charge in [0.2, 0.25) is 5.91 Å². The molecule has 20 heavy (non-hydrogen) atoms. The zero-order valence-corrected chi connectivity index (χ0v) is 13.2. The minimum absolute atomic E-state index is 0.00159. The van der Waals surface area contributed by atoms with Crippen LogP contribution in [0.4, 0.5) is 0 Å². The van der Waals surface area contributed by atoms with E-state index in [0.29, 0.717) is 25.9 Å². The van der Waals surface area contributed by atoms with Gasteiger partial charge in [-0.2, -0.15) is 17.0 Å². The third-order valence-corrected chi connectivity index (χ3v) is 6.20. The minimum Gasteiger partial charge on any atom is -0.342 e. The number of hydrogen-bond acceptors (Lipinski definition) is 3. The average molecular weight is 303 g/mol. The van der Waals surface area contributed by atoms with Crippen LogP contribution >= 0.6 is 0 Å². The largest absolute Gasteiger partial charge is 0.342 e. The van der Waals surface area contributed by atoms with Crippen LogP contribution in [0.15, 0.2) is 0 Å². The molecule has 0 atom stereocenters. The first-order chi connectivity index (χ1) is 9.43. The van der Waals surface area contributed by atoms with Crippen molar-refractivity contribution in [3.8, 4) is 0 Å². The van der Waals surface area contributed by atoms with Crippen molar-refractivity contribution >= 4 is 16.1 Å². The van der Waals surface area contributed by atoms with Gasteiger partial charge in [-0.25, -0.2) is 0 Å². The first kappa shape index (κ1) is 15.7. The van der Waals surface area contributed by atoms with Crippen LogP contribution in [-0.2, 0) is 15.0 Å². The third kappa shape index (κ3) is 3.32. The molecule has 2 aliphatic heterocycles. The molecule has 0 aromatic rings. The van der Waals surface area contributed by atoms with Gasteiger partial charge in [0, 0.05) is 46.2 Å². The van der Waals surface area contributed by atoms with Gasteiger partial charge < -0.3 is 4.90 Å². The summed E-state index contributed by atoms with van der Waals surface area (Å²) in [6.07, 6.45) is 4.69. The van der Waals surface area contributed by atoms with E-state index in [9.17, 15) is 13.2 Å². The predicted octanol–water partition coefficient (Wildman–Crippen LogP) is 0.517. The minimum atomic E-state index is -3.33. The number of amides is 1. The highest BCUT2D eigenvalue weighted by Gasteiger charge is 2.34. The molecule has 2 fully saturated rings. The van der Waals surface area contributed by atoms with Gasteiger partial charge in [0.05, 0.1) is 0 Å². The second-order valence-electron chi connectivity index (χ2n) is 5.85. The molecule has 0 spiro atoms. The third-order valence-electron chi connectivity index (χ3n) is 4.26. The smallest absolute Gasteiger partial charge is 0.281 e. The van der Waals surface area contributed by atoms with Gasteiger partial charge in [0.25, 0.3) is 10.2 Å². The highest BCUT2D eigenvalue weighted by atomic mass is 32.2. The summed E-state index contributed by atoms with van der Waals surface area (Å²) in [5.41, 5.74) is 0. The summed E-state index contributed by atoms with van der Waals surface area (Å²) in [5, 5.41) is 0. The van der Waals surface area contributed by atoms with Gasteiger partial charge in [0.1, 0.15) is 0 Å². The number of nitrogens with zero attached hydrogens (tertiary/aromatic N) is 3. The molecular weight excluding hydrogens is 278 g/mol. The molecule has 0 unspecified atom stereocenters. The molecule has 2 rings (SSSR count). The Morgan fingerprint density at radius 1 is 1.00 bits per heavy atom. The van der Waals surface area contributed by atoms with Crippen LogP contribution in [0.1, 0.15) is 32.1 Å². The van der Waals surface area contributed by atoms with Gasteiger partial charge in [-0.3, -0.25) is 4.79 Å². The van der Waals surface area contributed by atoms with Crippen molar-refractivity contribution in [3.05, 3.63) is 0 Å². The zero-order chi connectivity index (χ0) is 14.8. The molecule has 0 aliphatic carbocycles. The maximum absolute atomic E-state index is 12.4. The maximum atomic E-state index is 12.4. The van der Waals surface area contributed by atoms with Crippen molar-refractivity contribution in [1.82, 2.24) is 13.5 Å². The number of hydrogen-bond donors (Lipinski definition) is 0. The predicted molar refractivity (Wildman–Crippen MR) is 77.3 cm³/mol. The van der Waals surface area contributed by atoms with E-state index < -0.39 is 10.2 Å². The van der Waals surface area contributed by atoms with Crippen molar-refractivity contribution in [2.75, 3.05) is 40.3 Å². The van der Waals surface area contributed by atoms with Crippen LogP contribution in [0.2, 0.25) is 0 Å². The fourth-order valence-corrected chi connectivity index (χ4v) is 4.07. The van der Waals surface area contributed by atoms with Gasteiger partial charge in [-0.15, -0.1) is 0 Å². The molecule has 2 heterocycles. The number of carbonyl (C=O) groups excluding carboxylic acids is 1. The highest BCUT2D eigenvalue weighted by Crippen LogP contribution is 2.23. The van der Waals surface area contributed by atoms with Gasteiger partial charge in [-0.05, 0) is 32.1 Å². The molecular formula is C13H25N3O3S. The van der Waals surface area contributed by atoms with E-state index in [-0.39, 0.29) is 11.8 Å². The topological polar surface area (TPSA) is 60.9 Å². The maximum Gasteiger partial charge on any atom is 0.281 e. The van der Waals surface area contributed by atoms with Crippen molar-refractivity contribution in [1.29, 1.82) is 0 Å². The van der Waals surface area contributed by atoms with Crippen LogP contribution < -0.4 is 0 Å². The number of carbonyl (C=O) groups is 1. The number of likely N-dealkylation sites (tertiary alicyclic amines) is 1. The lowest BCUT2D eigenvalue weighted by molar-refractivity contribution is -0.137. The SMILES string of the molecule is CN(C)S(=O)(=O)N1CCC(C(=O)N2CCCCC2)CC1. The highest BCUT2D eigenvalue weighted by molar-refractivity contribution is 7.86. The average Bonchev–Trinajstić information content (AvgIpc) is 2.47. The molecule has 0 radical (unpaired) electrons. The van der Waals surface area contributed by atoms with Crippen LogP contribution in [0.25, 0.3) is 0 Å². The standard InChI is InChI=1S/C13H25N3O3S/c1-14(2)20(18,19)16-10-6-12(7-11-16)13(17)15-8-4-3-5-9-15/h12H,3-11H2,1-2H3. The van der Waals surface area contributed by atoms with Crippen LogP contribution in [0.5, 0.6) is 0 Å². The van der Waals surface area contributed by atoms with Gasteiger partial charge in [0.15, 0.2) is 0 Å². The van der Waals surface area contributed by atoms with E-state index in [0.717, 1.165) is 25.9 Å². The van der Waals surface area contributed by atoms with E-state index in [1.807, 2.05) is 4.90 Å². The van der Waals surface area contributed by atoms with Crippen LogP contribution in [0, 0.1) is 5.92 Å². The quantitative estimate of drug-likeness (QED) is 0.763. The molecule has 2 saturated heterocycles. The Morgan fingerprint density at radius 2 is 1.55 bits per heavy atom. The summed E-state index contributed by atoms with van der Waals surface area (Å²) in [7, 11) is -0.248. The van der Waals surface area contributed by atoms with Crippen molar-refractivity contribution < 1.29 is 13.2 Å². The van der Waals surface area contributed by atoms with E-state index in [1.54, 1.807) is 14.1 Å². The molecule has 2 aliphatic rings. The molecule has 6 nitrogen and oxygen atoms in total. The summed E-state index contributed by atoms with van der Waals surface area (Å²) < 4.78 is 26.8. The molecule has 0 saturated carbocycles. The van der Waals surface area contributed by atoms with Crippen molar-refractivity contribution in [2.45, 2.75) is 32.1 Å². The fraction of sp³-hybridized carbons (Fsp3) is 0.923. The Hall–Kier alpha value is -0.660. The van der Waals surface area contributed by atoms with E-state index in [2.05, 4.69) is 0 Å². The Morgan fingerprint density at radius 3 is 2.05 bits per heavy atom. The van der Waals surface area contributed by atoms with Gasteiger partial charge in [-0.1, -0.05) is 0 Å². The van der Waals surface area contributed by atoms with Crippen LogP contribution in [-0.4, -0.2) is 68.1 Å². The normalized spacial score (nSPS) is 23.2. The first-order valence-corrected chi connectivity index (χ1v) is 8.79. The lowest BCUT2D eigenvalue weighted by atomic mass is 9.95. The summed E-state index contributed by atoms with van der Waals surface area (Å²) in [5.74, 6) is 0.230. The molecule has 0 N–H and O–H groups in total. The zero-order valence-electron chi connectivity index (χ0n) is 12.4. The fourth-order valence-electron chi connectivity index (χ4n) is 2.94. The summed E-state index contributed by atoms with van der Waals surface area (Å²) in [6.45, 7) is 2.64. The van der Waals surface area contributed by atoms with Crippen molar-refractivity contribution in [3.63, 3.8) is 0 Å². The number of rotatable bonds is 3. The van der Waals surface area contributed by atoms with E-state index >= 15 is 0 Å². The summed E-state index contributed by atoms with van der Waals surface area (Å²) in [6, 6.07) is 0. The Bertz CT molecular complexity index is 436. The monoisotopic (exact) mass is 303 g/mol. The van der Waals surface area contributed by atoms with E-state index in [1.165, 1.54) is 15.0 Å². The molecule has 0 bridgehead atoms.